The first-order chi connectivity index (χ1) is 13.6. The minimum absolute atomic E-state index is 0.219. The third-order valence-electron chi connectivity index (χ3n) is 3.87. The van der Waals surface area contributed by atoms with E-state index in [-0.39, 0.29) is 5.91 Å². The largest absolute Gasteiger partial charge is 0.489 e. The number of nitrogens with zero attached hydrogens (tertiary/aromatic N) is 2. The smallest absolute Gasteiger partial charge is 0.271 e. The molecule has 2 aromatic carbocycles. The average Bonchev–Trinajstić information content (AvgIpc) is 2.73. The molecule has 3 aromatic rings. The number of carbonyl (C=O) groups is 1. The molecule has 0 bridgehead atoms. The average molecular weight is 397 g/mol. The quantitative estimate of drug-likeness (QED) is 0.582. The highest BCUT2D eigenvalue weighted by atomic mass is 35.5. The highest BCUT2D eigenvalue weighted by Crippen LogP contribution is 2.20. The lowest BCUT2D eigenvalue weighted by molar-refractivity contribution is 0.0948. The molecule has 0 unspecified atom stereocenters. The zero-order valence-electron chi connectivity index (χ0n) is 15.5. The molecule has 0 radical (unpaired) electrons. The highest BCUT2D eigenvalue weighted by molar-refractivity contribution is 6.30. The van der Waals surface area contributed by atoms with Crippen molar-refractivity contribution >= 4 is 29.0 Å². The van der Waals surface area contributed by atoms with Gasteiger partial charge in [0, 0.05) is 17.3 Å². The van der Waals surface area contributed by atoms with Crippen LogP contribution in [0, 0.1) is 0 Å². The zero-order valence-corrected chi connectivity index (χ0v) is 16.2. The first kappa shape index (κ1) is 19.6. The van der Waals surface area contributed by atoms with Gasteiger partial charge in [-0.3, -0.25) is 4.79 Å². The van der Waals surface area contributed by atoms with Gasteiger partial charge in [0.2, 0.25) is 0 Å². The Hall–Kier alpha value is -3.12. The van der Waals surface area contributed by atoms with Gasteiger partial charge in [0.05, 0.1) is 12.4 Å². The maximum Gasteiger partial charge on any atom is 0.271 e. The summed E-state index contributed by atoms with van der Waals surface area (Å²) in [6, 6.07) is 15.1. The number of aromatic nitrogens is 2. The maximum absolute atomic E-state index is 11.8. The Labute approximate surface area is 168 Å². The van der Waals surface area contributed by atoms with Crippen LogP contribution in [-0.2, 0) is 6.61 Å². The predicted octanol–water partition coefficient (Wildman–Crippen LogP) is 4.59. The summed E-state index contributed by atoms with van der Waals surface area (Å²) in [7, 11) is 0. The molecule has 0 aliphatic heterocycles. The van der Waals surface area contributed by atoms with Crippen LogP contribution >= 0.6 is 11.6 Å². The fourth-order valence-electron chi connectivity index (χ4n) is 2.37. The standard InChI is InChI=1S/C21H21ClN4O2/c1-2-11-23-21(27)19-12-25-20(13-24-19)26-17-7-9-18(10-8-17)28-14-15-3-5-16(22)6-4-15/h3-10,12-13H,2,11,14H2,1H3,(H,23,27)(H,25,26). The van der Waals surface area contributed by atoms with Crippen molar-refractivity contribution in [3.63, 3.8) is 0 Å². The van der Waals surface area contributed by atoms with E-state index in [0.717, 1.165) is 23.4 Å². The van der Waals surface area contributed by atoms with Gasteiger partial charge >= 0.3 is 0 Å². The summed E-state index contributed by atoms with van der Waals surface area (Å²) in [5, 5.41) is 6.62. The van der Waals surface area contributed by atoms with Crippen molar-refractivity contribution in [2.45, 2.75) is 20.0 Å². The lowest BCUT2D eigenvalue weighted by atomic mass is 10.2. The normalized spacial score (nSPS) is 10.4. The molecule has 0 aliphatic rings. The molecule has 0 saturated carbocycles. The van der Waals surface area contributed by atoms with Crippen molar-refractivity contribution in [1.82, 2.24) is 15.3 Å². The molecule has 1 amide bonds. The number of ether oxygens (including phenoxy) is 1. The first-order valence-electron chi connectivity index (χ1n) is 8.98. The van der Waals surface area contributed by atoms with Crippen LogP contribution < -0.4 is 15.4 Å². The zero-order chi connectivity index (χ0) is 19.8. The topological polar surface area (TPSA) is 76.1 Å². The molecule has 6 nitrogen and oxygen atoms in total. The Balaban J connectivity index is 1.53. The summed E-state index contributed by atoms with van der Waals surface area (Å²) >= 11 is 5.88. The molecule has 0 atom stereocenters. The van der Waals surface area contributed by atoms with Crippen molar-refractivity contribution in [1.29, 1.82) is 0 Å². The molecule has 0 fully saturated rings. The summed E-state index contributed by atoms with van der Waals surface area (Å²) in [6.45, 7) is 3.08. The number of nitrogens with one attached hydrogen (secondary N) is 2. The first-order valence-corrected chi connectivity index (χ1v) is 9.36. The minimum Gasteiger partial charge on any atom is -0.489 e. The van der Waals surface area contributed by atoms with Crippen molar-refractivity contribution < 1.29 is 9.53 Å². The number of amides is 1. The van der Waals surface area contributed by atoms with E-state index >= 15 is 0 Å². The summed E-state index contributed by atoms with van der Waals surface area (Å²) in [5.41, 5.74) is 2.19. The number of hydrogen-bond acceptors (Lipinski definition) is 5. The van der Waals surface area contributed by atoms with E-state index in [9.17, 15) is 4.79 Å². The summed E-state index contributed by atoms with van der Waals surface area (Å²) in [5.74, 6) is 1.10. The third-order valence-corrected chi connectivity index (χ3v) is 4.12. The van der Waals surface area contributed by atoms with Gasteiger partial charge in [-0.05, 0) is 48.4 Å². The molecule has 144 valence electrons. The van der Waals surface area contributed by atoms with Gasteiger partial charge in [0.25, 0.3) is 5.91 Å². The van der Waals surface area contributed by atoms with E-state index in [0.29, 0.717) is 29.7 Å². The number of carbonyl (C=O) groups excluding carboxylic acids is 1. The molecule has 0 spiro atoms. The van der Waals surface area contributed by atoms with Crippen LogP contribution in [0.2, 0.25) is 5.02 Å². The van der Waals surface area contributed by atoms with Crippen LogP contribution in [-0.4, -0.2) is 22.4 Å². The van der Waals surface area contributed by atoms with Gasteiger partial charge in [-0.25, -0.2) is 9.97 Å². The number of anilines is 2. The molecule has 7 heteroatoms. The maximum atomic E-state index is 11.8. The lowest BCUT2D eigenvalue weighted by Crippen LogP contribution is -2.25. The van der Waals surface area contributed by atoms with Crippen molar-refractivity contribution in [3.8, 4) is 5.75 Å². The van der Waals surface area contributed by atoms with E-state index in [1.165, 1.54) is 12.4 Å². The van der Waals surface area contributed by atoms with Crippen LogP contribution in [0.5, 0.6) is 5.75 Å². The van der Waals surface area contributed by atoms with Gasteiger partial charge in [-0.15, -0.1) is 0 Å². The fraction of sp³-hybridized carbons (Fsp3) is 0.190. The number of rotatable bonds is 8. The number of benzene rings is 2. The molecule has 1 heterocycles. The second kappa shape index (κ2) is 9.71. The molecule has 3 rings (SSSR count). The molecule has 0 saturated heterocycles. The van der Waals surface area contributed by atoms with Crippen molar-refractivity contribution in [3.05, 3.63) is 77.2 Å². The molecule has 28 heavy (non-hydrogen) atoms. The number of hydrogen-bond donors (Lipinski definition) is 2. The minimum atomic E-state index is -0.219. The van der Waals surface area contributed by atoms with Gasteiger partial charge in [-0.1, -0.05) is 30.7 Å². The molecular formula is C21H21ClN4O2. The van der Waals surface area contributed by atoms with E-state index in [1.54, 1.807) is 0 Å². The van der Waals surface area contributed by atoms with Gasteiger partial charge in [-0.2, -0.15) is 0 Å². The number of halogens is 1. The predicted molar refractivity (Wildman–Crippen MR) is 110 cm³/mol. The van der Waals surface area contributed by atoms with E-state index < -0.39 is 0 Å². The summed E-state index contributed by atoms with van der Waals surface area (Å²) in [4.78, 5) is 20.2. The van der Waals surface area contributed by atoms with Crippen LogP contribution in [0.15, 0.2) is 60.9 Å². The molecule has 1 aromatic heterocycles. The molecular weight excluding hydrogens is 376 g/mol. The Bertz CT molecular complexity index is 897. The van der Waals surface area contributed by atoms with Crippen LogP contribution in [0.4, 0.5) is 11.5 Å². The fourth-order valence-corrected chi connectivity index (χ4v) is 2.49. The SMILES string of the molecule is CCCNC(=O)c1cnc(Nc2ccc(OCc3ccc(Cl)cc3)cc2)cn1. The Kier molecular flexibility index (Phi) is 6.81. The lowest BCUT2D eigenvalue weighted by Gasteiger charge is -2.09. The van der Waals surface area contributed by atoms with Gasteiger partial charge in [0.15, 0.2) is 0 Å². The van der Waals surface area contributed by atoms with Gasteiger partial charge < -0.3 is 15.4 Å². The Morgan fingerprint density at radius 3 is 2.43 bits per heavy atom. The third kappa shape index (κ3) is 5.69. The van der Waals surface area contributed by atoms with Crippen molar-refractivity contribution in [2.75, 3.05) is 11.9 Å². The summed E-state index contributed by atoms with van der Waals surface area (Å²) < 4.78 is 5.77. The van der Waals surface area contributed by atoms with Crippen LogP contribution in [0.25, 0.3) is 0 Å². The molecule has 2 N–H and O–H groups in total. The van der Waals surface area contributed by atoms with E-state index in [2.05, 4.69) is 20.6 Å². The van der Waals surface area contributed by atoms with Crippen LogP contribution in [0.3, 0.4) is 0 Å². The Morgan fingerprint density at radius 2 is 1.79 bits per heavy atom. The second-order valence-corrected chi connectivity index (χ2v) is 6.54. The van der Waals surface area contributed by atoms with E-state index in [1.807, 2.05) is 55.5 Å². The highest BCUT2D eigenvalue weighted by Gasteiger charge is 2.07. The monoisotopic (exact) mass is 396 g/mol. The summed E-state index contributed by atoms with van der Waals surface area (Å²) in [6.07, 6.45) is 3.86. The second-order valence-electron chi connectivity index (χ2n) is 6.11. The van der Waals surface area contributed by atoms with Crippen molar-refractivity contribution in [2.24, 2.45) is 0 Å². The Morgan fingerprint density at radius 1 is 1.04 bits per heavy atom. The molecule has 0 aliphatic carbocycles. The van der Waals surface area contributed by atoms with Crippen LogP contribution in [0.1, 0.15) is 29.4 Å². The van der Waals surface area contributed by atoms with E-state index in [4.69, 9.17) is 16.3 Å². The van der Waals surface area contributed by atoms with Gasteiger partial charge in [0.1, 0.15) is 23.9 Å².